The zero-order chi connectivity index (χ0) is 12.2. The SMILES string of the molecule is CC(O)(CNC(=O)Nc1cnns1)C(=O)O. The van der Waals surface area contributed by atoms with Crippen LogP contribution in [0.5, 0.6) is 0 Å². The van der Waals surface area contributed by atoms with Gasteiger partial charge in [-0.15, -0.1) is 5.10 Å². The molecular weight excluding hydrogens is 236 g/mol. The number of hydrogen-bond acceptors (Lipinski definition) is 6. The topological polar surface area (TPSA) is 124 Å². The molecule has 0 spiro atoms. The maximum absolute atomic E-state index is 11.2. The van der Waals surface area contributed by atoms with Gasteiger partial charge >= 0.3 is 12.0 Å². The molecule has 1 aromatic rings. The van der Waals surface area contributed by atoms with E-state index in [4.69, 9.17) is 5.11 Å². The summed E-state index contributed by atoms with van der Waals surface area (Å²) in [6.45, 7) is 0.685. The average molecular weight is 246 g/mol. The molecule has 1 atom stereocenters. The zero-order valence-corrected chi connectivity index (χ0v) is 9.11. The van der Waals surface area contributed by atoms with Gasteiger partial charge in [-0.2, -0.15) is 0 Å². The largest absolute Gasteiger partial charge is 0.479 e. The lowest BCUT2D eigenvalue weighted by molar-refractivity contribution is -0.155. The third-order valence-electron chi connectivity index (χ3n) is 1.65. The summed E-state index contributed by atoms with van der Waals surface area (Å²) in [5.41, 5.74) is -2.00. The molecular formula is C7H10N4O4S. The Morgan fingerprint density at radius 2 is 2.31 bits per heavy atom. The summed E-state index contributed by atoms with van der Waals surface area (Å²) in [7, 11) is 0. The molecule has 1 heterocycles. The number of aliphatic hydroxyl groups is 1. The molecule has 4 N–H and O–H groups in total. The Morgan fingerprint density at radius 1 is 1.62 bits per heavy atom. The van der Waals surface area contributed by atoms with Crippen molar-refractivity contribution < 1.29 is 19.8 Å². The van der Waals surface area contributed by atoms with Crippen LogP contribution in [0.15, 0.2) is 6.20 Å². The van der Waals surface area contributed by atoms with E-state index < -0.39 is 24.1 Å². The number of urea groups is 1. The predicted molar refractivity (Wildman–Crippen MR) is 55.2 cm³/mol. The van der Waals surface area contributed by atoms with Gasteiger partial charge in [0.15, 0.2) is 5.60 Å². The molecule has 1 aromatic heterocycles. The van der Waals surface area contributed by atoms with E-state index in [9.17, 15) is 14.7 Å². The molecule has 88 valence electrons. The Bertz CT molecular complexity index is 378. The van der Waals surface area contributed by atoms with E-state index in [-0.39, 0.29) is 0 Å². The van der Waals surface area contributed by atoms with Crippen LogP contribution in [0.3, 0.4) is 0 Å². The molecule has 0 bridgehead atoms. The van der Waals surface area contributed by atoms with Gasteiger partial charge in [-0.05, 0) is 6.92 Å². The van der Waals surface area contributed by atoms with Gasteiger partial charge < -0.3 is 15.5 Å². The molecule has 0 aliphatic rings. The van der Waals surface area contributed by atoms with Crippen molar-refractivity contribution in [1.29, 1.82) is 0 Å². The summed E-state index contributed by atoms with van der Waals surface area (Å²) < 4.78 is 3.52. The number of carboxylic acid groups (broad SMARTS) is 1. The number of nitrogens with zero attached hydrogens (tertiary/aromatic N) is 2. The normalized spacial score (nSPS) is 13.9. The number of aliphatic carboxylic acids is 1. The zero-order valence-electron chi connectivity index (χ0n) is 8.30. The van der Waals surface area contributed by atoms with Crippen LogP contribution in [-0.4, -0.2) is 43.9 Å². The highest BCUT2D eigenvalue weighted by molar-refractivity contribution is 7.10. The van der Waals surface area contributed by atoms with Gasteiger partial charge in [0.2, 0.25) is 0 Å². The molecule has 2 amide bonds. The summed E-state index contributed by atoms with van der Waals surface area (Å²) >= 11 is 0.979. The predicted octanol–water partition coefficient (Wildman–Crippen LogP) is -0.505. The Kier molecular flexibility index (Phi) is 3.74. The highest BCUT2D eigenvalue weighted by Crippen LogP contribution is 2.08. The first-order valence-corrected chi connectivity index (χ1v) is 4.97. The van der Waals surface area contributed by atoms with Crippen LogP contribution in [0, 0.1) is 0 Å². The number of aromatic nitrogens is 2. The maximum atomic E-state index is 11.2. The van der Waals surface area contributed by atoms with Crippen molar-refractivity contribution in [1.82, 2.24) is 14.9 Å². The number of carboxylic acids is 1. The van der Waals surface area contributed by atoms with Crippen molar-refractivity contribution in [2.45, 2.75) is 12.5 Å². The third kappa shape index (κ3) is 3.44. The minimum Gasteiger partial charge on any atom is -0.479 e. The fourth-order valence-electron chi connectivity index (χ4n) is 0.706. The summed E-state index contributed by atoms with van der Waals surface area (Å²) in [6.07, 6.45) is 1.35. The lowest BCUT2D eigenvalue weighted by Gasteiger charge is -2.18. The fourth-order valence-corrected chi connectivity index (χ4v) is 1.12. The van der Waals surface area contributed by atoms with Crippen LogP contribution in [-0.2, 0) is 4.79 Å². The van der Waals surface area contributed by atoms with E-state index >= 15 is 0 Å². The van der Waals surface area contributed by atoms with Crippen molar-refractivity contribution in [2.24, 2.45) is 0 Å². The minimum absolute atomic E-state index is 0.402. The second kappa shape index (κ2) is 4.86. The van der Waals surface area contributed by atoms with Crippen molar-refractivity contribution in [3.8, 4) is 0 Å². The smallest absolute Gasteiger partial charge is 0.337 e. The van der Waals surface area contributed by atoms with E-state index in [1.54, 1.807) is 0 Å². The van der Waals surface area contributed by atoms with Crippen LogP contribution >= 0.6 is 11.5 Å². The number of rotatable bonds is 4. The lowest BCUT2D eigenvalue weighted by atomic mass is 10.1. The van der Waals surface area contributed by atoms with Gasteiger partial charge in [0, 0.05) is 11.5 Å². The second-order valence-corrected chi connectivity index (χ2v) is 3.95. The first-order valence-electron chi connectivity index (χ1n) is 4.20. The second-order valence-electron chi connectivity index (χ2n) is 3.17. The first kappa shape index (κ1) is 12.3. The van der Waals surface area contributed by atoms with Crippen molar-refractivity contribution in [3.63, 3.8) is 0 Å². The van der Waals surface area contributed by atoms with Crippen molar-refractivity contribution >= 4 is 28.5 Å². The van der Waals surface area contributed by atoms with E-state index in [1.807, 2.05) is 0 Å². The quantitative estimate of drug-likeness (QED) is 0.567. The fraction of sp³-hybridized carbons (Fsp3) is 0.429. The van der Waals surface area contributed by atoms with Crippen LogP contribution in [0.25, 0.3) is 0 Å². The summed E-state index contributed by atoms with van der Waals surface area (Å²) in [4.78, 5) is 21.7. The van der Waals surface area contributed by atoms with Crippen LogP contribution in [0.1, 0.15) is 6.92 Å². The Morgan fingerprint density at radius 3 is 2.81 bits per heavy atom. The maximum Gasteiger partial charge on any atom is 0.337 e. The van der Waals surface area contributed by atoms with Crippen LogP contribution in [0.4, 0.5) is 9.80 Å². The number of amides is 2. The molecule has 0 radical (unpaired) electrons. The summed E-state index contributed by atoms with van der Waals surface area (Å²) in [5.74, 6) is -1.41. The van der Waals surface area contributed by atoms with Gasteiger partial charge in [-0.3, -0.25) is 5.32 Å². The third-order valence-corrected chi connectivity index (χ3v) is 2.23. The van der Waals surface area contributed by atoms with E-state index in [2.05, 4.69) is 20.2 Å². The van der Waals surface area contributed by atoms with Gasteiger partial charge in [0.05, 0.1) is 12.7 Å². The molecule has 0 aliphatic carbocycles. The molecule has 0 saturated carbocycles. The molecule has 0 fully saturated rings. The summed E-state index contributed by atoms with van der Waals surface area (Å²) in [5, 5.41) is 26.4. The number of nitrogens with one attached hydrogen (secondary N) is 2. The molecule has 9 heteroatoms. The number of hydrogen-bond donors (Lipinski definition) is 4. The molecule has 16 heavy (non-hydrogen) atoms. The Balaban J connectivity index is 2.39. The highest BCUT2D eigenvalue weighted by Gasteiger charge is 2.30. The monoisotopic (exact) mass is 246 g/mol. The van der Waals surface area contributed by atoms with Gasteiger partial charge in [-0.25, -0.2) is 9.59 Å². The molecule has 0 saturated heterocycles. The standard InChI is InChI=1S/C7H10N4O4S/c1-7(15,5(12)13)3-8-6(14)10-4-2-9-11-16-4/h2,15H,3H2,1H3,(H,12,13)(H2,8,10,14). The molecule has 0 aliphatic heterocycles. The number of carbonyl (C=O) groups excluding carboxylic acids is 1. The lowest BCUT2D eigenvalue weighted by Crippen LogP contribution is -2.47. The van der Waals surface area contributed by atoms with Crippen LogP contribution in [0.2, 0.25) is 0 Å². The van der Waals surface area contributed by atoms with Gasteiger partial charge in [-0.1, -0.05) is 4.49 Å². The van der Waals surface area contributed by atoms with E-state index in [0.717, 1.165) is 18.5 Å². The first-order chi connectivity index (χ1) is 7.42. The molecule has 1 rings (SSSR count). The van der Waals surface area contributed by atoms with Crippen molar-refractivity contribution in [3.05, 3.63) is 6.20 Å². The van der Waals surface area contributed by atoms with Crippen molar-refractivity contribution in [2.75, 3.05) is 11.9 Å². The Hall–Kier alpha value is -1.74. The average Bonchev–Trinajstić information content (AvgIpc) is 2.67. The number of anilines is 1. The highest BCUT2D eigenvalue weighted by atomic mass is 32.1. The van der Waals surface area contributed by atoms with E-state index in [0.29, 0.717) is 5.00 Å². The summed E-state index contributed by atoms with van der Waals surface area (Å²) in [6, 6.07) is -0.632. The van der Waals surface area contributed by atoms with E-state index in [1.165, 1.54) is 6.20 Å². The molecule has 0 aromatic carbocycles. The molecule has 8 nitrogen and oxygen atoms in total. The Labute approximate surface area is 94.5 Å². The minimum atomic E-state index is -2.00. The number of carbonyl (C=O) groups is 2. The van der Waals surface area contributed by atoms with Gasteiger partial charge in [0.1, 0.15) is 5.00 Å². The molecule has 1 unspecified atom stereocenters. The van der Waals surface area contributed by atoms with Crippen LogP contribution < -0.4 is 10.6 Å². The van der Waals surface area contributed by atoms with Gasteiger partial charge in [0.25, 0.3) is 0 Å².